The SMILES string of the molecule is CNC(=O)C1=C(C2CCN(S(=O)(=O)c3cnn(Cc4ncco4)c3)CC2)NC(c2nccs2)=N[C@@H]1c1ccc(F)c(F)c1Cl. The van der Waals surface area contributed by atoms with E-state index in [1.807, 2.05) is 0 Å². The maximum atomic E-state index is 14.6. The predicted molar refractivity (Wildman–Crippen MR) is 156 cm³/mol. The lowest BCUT2D eigenvalue weighted by Crippen LogP contribution is -2.44. The average molecular weight is 663 g/mol. The third-order valence-electron chi connectivity index (χ3n) is 7.43. The van der Waals surface area contributed by atoms with E-state index in [0.29, 0.717) is 35.3 Å². The molecule has 44 heavy (non-hydrogen) atoms. The molecule has 1 saturated heterocycles. The number of carbonyl (C=O) groups excluding carboxylic acids is 1. The summed E-state index contributed by atoms with van der Waals surface area (Å²) in [5.41, 5.74) is 0.778. The number of carbonyl (C=O) groups is 1. The second-order valence-electron chi connectivity index (χ2n) is 9.99. The number of benzene rings is 1. The molecule has 1 amide bonds. The van der Waals surface area contributed by atoms with Gasteiger partial charge in [0.25, 0.3) is 5.91 Å². The highest BCUT2D eigenvalue weighted by molar-refractivity contribution is 7.89. The molecule has 0 bridgehead atoms. The maximum absolute atomic E-state index is 14.6. The molecule has 2 aliphatic heterocycles. The van der Waals surface area contributed by atoms with Crippen LogP contribution >= 0.6 is 22.9 Å². The first-order valence-corrected chi connectivity index (χ1v) is 16.1. The Morgan fingerprint density at radius 1 is 1.23 bits per heavy atom. The van der Waals surface area contributed by atoms with E-state index < -0.39 is 38.6 Å². The molecule has 2 aliphatic rings. The monoisotopic (exact) mass is 662 g/mol. The summed E-state index contributed by atoms with van der Waals surface area (Å²) in [4.78, 5) is 26.4. The molecule has 3 aromatic heterocycles. The van der Waals surface area contributed by atoms with E-state index in [4.69, 9.17) is 16.0 Å². The number of amides is 1. The Balaban J connectivity index is 1.30. The van der Waals surface area contributed by atoms with Crippen LogP contribution in [0.1, 0.15) is 35.3 Å². The van der Waals surface area contributed by atoms with Crippen LogP contribution in [0.5, 0.6) is 0 Å². The summed E-state index contributed by atoms with van der Waals surface area (Å²) in [6.07, 6.45) is 7.93. The van der Waals surface area contributed by atoms with Gasteiger partial charge in [-0.3, -0.25) is 14.5 Å². The first-order chi connectivity index (χ1) is 21.2. The minimum Gasteiger partial charge on any atom is -0.447 e. The Bertz CT molecular complexity index is 1850. The summed E-state index contributed by atoms with van der Waals surface area (Å²) in [6.45, 7) is 0.494. The number of hydrogen-bond acceptors (Lipinski definition) is 10. The van der Waals surface area contributed by atoms with Gasteiger partial charge in [0, 0.05) is 55.1 Å². The quantitative estimate of drug-likeness (QED) is 0.273. The van der Waals surface area contributed by atoms with Crippen LogP contribution in [0.15, 0.2) is 74.1 Å². The normalized spacial score (nSPS) is 18.3. The van der Waals surface area contributed by atoms with Crippen molar-refractivity contribution in [2.75, 3.05) is 20.1 Å². The van der Waals surface area contributed by atoms with Crippen LogP contribution in [0.3, 0.4) is 0 Å². The standard InChI is InChI=1S/C27H25ClF2N8O4S2/c1-31-26(39)20-23(35-25(27-33-7-11-43-27)36-24(20)17-2-3-18(29)22(30)21(17)28)15-4-8-38(9-5-15)44(40,41)16-12-34-37(13-16)14-19-32-6-10-42-19/h2-3,6-7,10-13,15,24H,4-5,8-9,14H2,1H3,(H,31,39)(H,35,36)/t24-/m1/s1. The fraction of sp³-hybridized carbons (Fsp3) is 0.296. The van der Waals surface area contributed by atoms with E-state index in [9.17, 15) is 22.0 Å². The molecule has 1 atom stereocenters. The van der Waals surface area contributed by atoms with Gasteiger partial charge in [-0.2, -0.15) is 9.40 Å². The van der Waals surface area contributed by atoms with Crippen LogP contribution in [0.4, 0.5) is 8.78 Å². The lowest BCUT2D eigenvalue weighted by atomic mass is 9.85. The molecule has 12 nitrogen and oxygen atoms in total. The Morgan fingerprint density at radius 2 is 2.02 bits per heavy atom. The van der Waals surface area contributed by atoms with Gasteiger partial charge in [0.1, 0.15) is 23.7 Å². The number of allylic oxidation sites excluding steroid dienone is 1. The lowest BCUT2D eigenvalue weighted by Gasteiger charge is -2.36. The third kappa shape index (κ3) is 5.65. The van der Waals surface area contributed by atoms with Crippen molar-refractivity contribution in [1.82, 2.24) is 34.7 Å². The number of nitrogens with zero attached hydrogens (tertiary/aromatic N) is 6. The van der Waals surface area contributed by atoms with Crippen molar-refractivity contribution in [1.29, 1.82) is 0 Å². The summed E-state index contributed by atoms with van der Waals surface area (Å²) in [6, 6.07) is 1.16. The van der Waals surface area contributed by atoms with Gasteiger partial charge in [0.05, 0.1) is 23.0 Å². The summed E-state index contributed by atoms with van der Waals surface area (Å²) in [5, 5.41) is 11.8. The van der Waals surface area contributed by atoms with Gasteiger partial charge in [-0.1, -0.05) is 17.7 Å². The summed E-state index contributed by atoms with van der Waals surface area (Å²) < 4.78 is 63.6. The van der Waals surface area contributed by atoms with E-state index in [-0.39, 0.29) is 41.6 Å². The van der Waals surface area contributed by atoms with Crippen molar-refractivity contribution in [2.24, 2.45) is 10.9 Å². The number of likely N-dealkylation sites (N-methyl/N-ethyl adjacent to an activating group) is 1. The van der Waals surface area contributed by atoms with Crippen molar-refractivity contribution in [2.45, 2.75) is 30.3 Å². The minimum absolute atomic E-state index is 0.0368. The van der Waals surface area contributed by atoms with Crippen molar-refractivity contribution < 1.29 is 26.4 Å². The number of nitrogens with one attached hydrogen (secondary N) is 2. The molecule has 0 radical (unpaired) electrons. The molecular weight excluding hydrogens is 638 g/mol. The van der Waals surface area contributed by atoms with Crippen molar-refractivity contribution in [3.63, 3.8) is 0 Å². The molecule has 1 aromatic carbocycles. The second-order valence-corrected chi connectivity index (χ2v) is 13.2. The first kappa shape index (κ1) is 30.1. The van der Waals surface area contributed by atoms with Crippen LogP contribution in [-0.4, -0.2) is 64.4 Å². The highest BCUT2D eigenvalue weighted by Gasteiger charge is 2.39. The van der Waals surface area contributed by atoms with E-state index in [1.165, 1.54) is 58.3 Å². The zero-order valence-electron chi connectivity index (χ0n) is 23.1. The predicted octanol–water partition coefficient (Wildman–Crippen LogP) is 3.50. The van der Waals surface area contributed by atoms with E-state index in [0.717, 1.165) is 6.07 Å². The van der Waals surface area contributed by atoms with Gasteiger partial charge in [-0.15, -0.1) is 11.3 Å². The van der Waals surface area contributed by atoms with E-state index in [1.54, 1.807) is 11.6 Å². The number of aliphatic imine (C=N–C) groups is 1. The highest BCUT2D eigenvalue weighted by Crippen LogP contribution is 2.40. The molecule has 6 rings (SSSR count). The number of sulfonamides is 1. The van der Waals surface area contributed by atoms with E-state index >= 15 is 0 Å². The van der Waals surface area contributed by atoms with Gasteiger partial charge < -0.3 is 15.1 Å². The van der Waals surface area contributed by atoms with Gasteiger partial charge in [0.15, 0.2) is 22.5 Å². The number of aromatic nitrogens is 4. The number of hydrogen-bond donors (Lipinski definition) is 2. The largest absolute Gasteiger partial charge is 0.447 e. The molecule has 230 valence electrons. The number of oxazole rings is 1. The van der Waals surface area contributed by atoms with Gasteiger partial charge in [-0.05, 0) is 18.9 Å². The molecule has 0 aliphatic carbocycles. The molecule has 17 heteroatoms. The average Bonchev–Trinajstić information content (AvgIpc) is 3.84. The number of halogens is 3. The second kappa shape index (κ2) is 12.2. The molecule has 0 saturated carbocycles. The Hall–Kier alpha value is -3.99. The number of thiazole rings is 1. The number of amidine groups is 1. The Kier molecular flexibility index (Phi) is 8.32. The highest BCUT2D eigenvalue weighted by atomic mass is 35.5. The molecular formula is C27H25ClF2N8O4S2. The first-order valence-electron chi connectivity index (χ1n) is 13.4. The topological polar surface area (TPSA) is 148 Å². The van der Waals surface area contributed by atoms with Crippen LogP contribution in [0.25, 0.3) is 0 Å². The molecule has 0 spiro atoms. The molecule has 4 aromatic rings. The molecule has 2 N–H and O–H groups in total. The van der Waals surface area contributed by atoms with E-state index in [2.05, 4.69) is 30.7 Å². The number of rotatable bonds is 8. The lowest BCUT2D eigenvalue weighted by molar-refractivity contribution is -0.117. The number of piperidine rings is 1. The van der Waals surface area contributed by atoms with Crippen LogP contribution in [0, 0.1) is 17.6 Å². The van der Waals surface area contributed by atoms with Gasteiger partial charge in [-0.25, -0.2) is 27.2 Å². The minimum atomic E-state index is -3.87. The Morgan fingerprint density at radius 3 is 2.70 bits per heavy atom. The van der Waals surface area contributed by atoms with Gasteiger partial charge >= 0.3 is 0 Å². The zero-order chi connectivity index (χ0) is 31.0. The third-order valence-corrected chi connectivity index (χ3v) is 10.4. The van der Waals surface area contributed by atoms with Crippen molar-refractivity contribution in [3.8, 4) is 0 Å². The fourth-order valence-corrected chi connectivity index (χ4v) is 7.53. The zero-order valence-corrected chi connectivity index (χ0v) is 25.5. The van der Waals surface area contributed by atoms with Crippen molar-refractivity contribution >= 4 is 44.7 Å². The fourth-order valence-electron chi connectivity index (χ4n) is 5.27. The molecule has 5 heterocycles. The summed E-state index contributed by atoms with van der Waals surface area (Å²) >= 11 is 7.56. The van der Waals surface area contributed by atoms with Crippen LogP contribution < -0.4 is 10.6 Å². The Labute approximate surface area is 259 Å². The van der Waals surface area contributed by atoms with Crippen molar-refractivity contribution in [3.05, 3.63) is 93.0 Å². The van der Waals surface area contributed by atoms with Crippen LogP contribution in [-0.2, 0) is 21.4 Å². The van der Waals surface area contributed by atoms with Gasteiger partial charge in [0.2, 0.25) is 15.9 Å². The maximum Gasteiger partial charge on any atom is 0.251 e. The molecule has 1 fully saturated rings. The smallest absolute Gasteiger partial charge is 0.251 e. The summed E-state index contributed by atoms with van der Waals surface area (Å²) in [5.74, 6) is -2.44. The van der Waals surface area contributed by atoms with Crippen LogP contribution in [0.2, 0.25) is 5.02 Å². The summed E-state index contributed by atoms with van der Waals surface area (Å²) in [7, 11) is -2.41. The molecule has 0 unspecified atom stereocenters.